The van der Waals surface area contributed by atoms with Crippen molar-refractivity contribution in [2.45, 2.75) is 13.3 Å². The first kappa shape index (κ1) is 13.4. The Kier molecular flexibility index (Phi) is 4.07. The fourth-order valence-electron chi connectivity index (χ4n) is 1.79. The molecule has 3 nitrogen and oxygen atoms in total. The lowest BCUT2D eigenvalue weighted by Gasteiger charge is -2.13. The number of carbonyl (C=O) groups is 1. The normalized spacial score (nSPS) is 10.2. The lowest BCUT2D eigenvalue weighted by Crippen LogP contribution is -2.01. The minimum absolute atomic E-state index is 0.0541. The number of carboxylic acids is 1. The van der Waals surface area contributed by atoms with Crippen LogP contribution in [-0.2, 0) is 6.42 Å². The molecule has 0 atom stereocenters. The highest BCUT2D eigenvalue weighted by Crippen LogP contribution is 2.34. The second-order valence-electron chi connectivity index (χ2n) is 3.99. The van der Waals surface area contributed by atoms with Crippen LogP contribution in [0.1, 0.15) is 22.8 Å². The van der Waals surface area contributed by atoms with Crippen LogP contribution in [0.5, 0.6) is 11.5 Å². The van der Waals surface area contributed by atoms with Crippen LogP contribution in [0, 0.1) is 0 Å². The van der Waals surface area contributed by atoms with E-state index in [9.17, 15) is 4.79 Å². The molecule has 0 spiro atoms. The topological polar surface area (TPSA) is 46.5 Å². The van der Waals surface area contributed by atoms with Gasteiger partial charge in [-0.05, 0) is 30.2 Å². The molecule has 0 radical (unpaired) electrons. The van der Waals surface area contributed by atoms with Gasteiger partial charge in [0.05, 0.1) is 5.02 Å². The molecule has 0 aliphatic rings. The van der Waals surface area contributed by atoms with E-state index < -0.39 is 5.97 Å². The molecule has 0 amide bonds. The van der Waals surface area contributed by atoms with Gasteiger partial charge in [-0.1, -0.05) is 42.8 Å². The maximum absolute atomic E-state index is 11.2. The second kappa shape index (κ2) is 5.76. The molecule has 0 aliphatic heterocycles. The van der Waals surface area contributed by atoms with Crippen molar-refractivity contribution in [1.29, 1.82) is 0 Å². The van der Waals surface area contributed by atoms with E-state index in [0.29, 0.717) is 5.75 Å². The molecule has 0 aromatic heterocycles. The Morgan fingerprint density at radius 3 is 2.63 bits per heavy atom. The summed E-state index contributed by atoms with van der Waals surface area (Å²) in [7, 11) is 0. The summed E-state index contributed by atoms with van der Waals surface area (Å²) in [5.41, 5.74) is 1.05. The monoisotopic (exact) mass is 276 g/mol. The second-order valence-corrected chi connectivity index (χ2v) is 4.39. The van der Waals surface area contributed by atoms with Gasteiger partial charge in [0.15, 0.2) is 5.75 Å². The number of ether oxygens (including phenoxy) is 1. The molecule has 0 fully saturated rings. The first-order valence-electron chi connectivity index (χ1n) is 5.91. The van der Waals surface area contributed by atoms with E-state index in [1.165, 1.54) is 6.07 Å². The van der Waals surface area contributed by atoms with Gasteiger partial charge in [-0.15, -0.1) is 0 Å². The molecule has 0 unspecified atom stereocenters. The maximum Gasteiger partial charge on any atom is 0.339 e. The van der Waals surface area contributed by atoms with Crippen molar-refractivity contribution in [3.63, 3.8) is 0 Å². The molecule has 0 saturated heterocycles. The number of benzene rings is 2. The summed E-state index contributed by atoms with van der Waals surface area (Å²) in [5.74, 6) is -0.260. The highest BCUT2D eigenvalue weighted by molar-refractivity contribution is 6.32. The van der Waals surface area contributed by atoms with E-state index in [4.69, 9.17) is 21.4 Å². The number of aromatic carboxylic acids is 1. The summed E-state index contributed by atoms with van der Waals surface area (Å²) in [6, 6.07) is 12.2. The van der Waals surface area contributed by atoms with Crippen LogP contribution >= 0.6 is 11.6 Å². The molecule has 19 heavy (non-hydrogen) atoms. The Hall–Kier alpha value is -2.00. The summed E-state index contributed by atoms with van der Waals surface area (Å²) in [6.07, 6.45) is 0.795. The van der Waals surface area contributed by atoms with E-state index in [0.717, 1.165) is 12.0 Å². The third kappa shape index (κ3) is 2.88. The molecule has 0 heterocycles. The summed E-state index contributed by atoms with van der Waals surface area (Å²) >= 11 is 6.03. The standard InChI is InChI=1S/C15H13ClO3/c1-2-10-6-3-4-9-13(10)19-14-11(15(17)18)7-5-8-12(14)16/h3-9H,2H2,1H3,(H,17,18). The predicted octanol–water partition coefficient (Wildman–Crippen LogP) is 4.39. The lowest BCUT2D eigenvalue weighted by molar-refractivity contribution is 0.0694. The van der Waals surface area contributed by atoms with Crippen molar-refractivity contribution >= 4 is 17.6 Å². The van der Waals surface area contributed by atoms with Gasteiger partial charge in [-0.2, -0.15) is 0 Å². The zero-order valence-corrected chi connectivity index (χ0v) is 11.1. The van der Waals surface area contributed by atoms with Gasteiger partial charge in [0.1, 0.15) is 11.3 Å². The number of hydrogen-bond acceptors (Lipinski definition) is 2. The molecule has 0 aliphatic carbocycles. The molecular formula is C15H13ClO3. The first-order chi connectivity index (χ1) is 9.13. The fourth-order valence-corrected chi connectivity index (χ4v) is 2.00. The molecular weight excluding hydrogens is 264 g/mol. The van der Waals surface area contributed by atoms with Crippen LogP contribution < -0.4 is 4.74 Å². The number of halogens is 1. The third-order valence-corrected chi connectivity index (χ3v) is 3.06. The summed E-state index contributed by atoms with van der Waals surface area (Å²) in [4.78, 5) is 11.2. The summed E-state index contributed by atoms with van der Waals surface area (Å²) < 4.78 is 5.71. The van der Waals surface area contributed by atoms with Crippen molar-refractivity contribution in [2.75, 3.05) is 0 Å². The van der Waals surface area contributed by atoms with Crippen LogP contribution in [0.4, 0.5) is 0 Å². The number of aryl methyl sites for hydroxylation is 1. The molecule has 2 aromatic carbocycles. The zero-order valence-electron chi connectivity index (χ0n) is 10.4. The van der Waals surface area contributed by atoms with Crippen molar-refractivity contribution < 1.29 is 14.6 Å². The van der Waals surface area contributed by atoms with E-state index in [-0.39, 0.29) is 16.3 Å². The van der Waals surface area contributed by atoms with Gasteiger partial charge >= 0.3 is 5.97 Å². The third-order valence-electron chi connectivity index (χ3n) is 2.76. The lowest BCUT2D eigenvalue weighted by atomic mass is 10.1. The molecule has 0 bridgehead atoms. The highest BCUT2D eigenvalue weighted by Gasteiger charge is 2.16. The Bertz CT molecular complexity index is 608. The van der Waals surface area contributed by atoms with Gasteiger partial charge in [-0.3, -0.25) is 0 Å². The highest BCUT2D eigenvalue weighted by atomic mass is 35.5. The summed E-state index contributed by atoms with van der Waals surface area (Å²) in [6.45, 7) is 2.01. The van der Waals surface area contributed by atoms with Gasteiger partial charge in [0, 0.05) is 0 Å². The molecule has 98 valence electrons. The minimum Gasteiger partial charge on any atom is -0.478 e. The van der Waals surface area contributed by atoms with Crippen molar-refractivity contribution in [1.82, 2.24) is 0 Å². The number of para-hydroxylation sites is 2. The van der Waals surface area contributed by atoms with Crippen LogP contribution in [-0.4, -0.2) is 11.1 Å². The van der Waals surface area contributed by atoms with E-state index >= 15 is 0 Å². The van der Waals surface area contributed by atoms with E-state index in [2.05, 4.69) is 0 Å². The Morgan fingerprint density at radius 2 is 1.95 bits per heavy atom. The van der Waals surface area contributed by atoms with Crippen molar-refractivity contribution in [2.24, 2.45) is 0 Å². The van der Waals surface area contributed by atoms with Crippen molar-refractivity contribution in [3.8, 4) is 11.5 Å². The molecule has 4 heteroatoms. The smallest absolute Gasteiger partial charge is 0.339 e. The van der Waals surface area contributed by atoms with E-state index in [1.807, 2.05) is 25.1 Å². The van der Waals surface area contributed by atoms with Crippen molar-refractivity contribution in [3.05, 3.63) is 58.6 Å². The largest absolute Gasteiger partial charge is 0.478 e. The SMILES string of the molecule is CCc1ccccc1Oc1c(Cl)cccc1C(=O)O. The average molecular weight is 277 g/mol. The molecule has 1 N–H and O–H groups in total. The maximum atomic E-state index is 11.2. The van der Waals surface area contributed by atoms with Gasteiger partial charge in [-0.25, -0.2) is 4.79 Å². The first-order valence-corrected chi connectivity index (χ1v) is 6.28. The molecule has 2 rings (SSSR count). The van der Waals surface area contributed by atoms with E-state index in [1.54, 1.807) is 18.2 Å². The average Bonchev–Trinajstić information content (AvgIpc) is 2.41. The quantitative estimate of drug-likeness (QED) is 0.901. The fraction of sp³-hybridized carbons (Fsp3) is 0.133. The number of carboxylic acid groups (broad SMARTS) is 1. The van der Waals surface area contributed by atoms with Crippen LogP contribution in [0.15, 0.2) is 42.5 Å². The Balaban J connectivity index is 2.46. The number of hydrogen-bond donors (Lipinski definition) is 1. The van der Waals surface area contributed by atoms with Gasteiger partial charge in [0.25, 0.3) is 0 Å². The van der Waals surface area contributed by atoms with Gasteiger partial charge in [0.2, 0.25) is 0 Å². The minimum atomic E-state index is -1.06. The van der Waals surface area contributed by atoms with Crippen LogP contribution in [0.2, 0.25) is 5.02 Å². The Labute approximate surface area is 116 Å². The number of rotatable bonds is 4. The predicted molar refractivity (Wildman–Crippen MR) is 74.3 cm³/mol. The summed E-state index contributed by atoms with van der Waals surface area (Å²) in [5, 5.41) is 9.44. The molecule has 2 aromatic rings. The van der Waals surface area contributed by atoms with Gasteiger partial charge < -0.3 is 9.84 Å². The molecule has 0 saturated carbocycles. The van der Waals surface area contributed by atoms with Crippen LogP contribution in [0.3, 0.4) is 0 Å². The van der Waals surface area contributed by atoms with Crippen LogP contribution in [0.25, 0.3) is 0 Å². The zero-order chi connectivity index (χ0) is 13.8. The Morgan fingerprint density at radius 1 is 1.21 bits per heavy atom.